The topological polar surface area (TPSA) is 99.1 Å². The highest BCUT2D eigenvalue weighted by atomic mass is 32.2. The van der Waals surface area contributed by atoms with Crippen LogP contribution in [-0.2, 0) is 9.84 Å². The maximum Gasteiger partial charge on any atom is 0.251 e. The Morgan fingerprint density at radius 3 is 2.03 bits per heavy atom. The molecule has 7 heteroatoms. The Morgan fingerprint density at radius 1 is 0.919 bits per heavy atom. The molecule has 1 atom stereocenters. The summed E-state index contributed by atoms with van der Waals surface area (Å²) in [5, 5.41) is 15.7. The third kappa shape index (κ3) is 6.03. The number of rotatable bonds is 10. The van der Waals surface area contributed by atoms with Crippen LogP contribution in [0, 0.1) is 11.3 Å². The molecule has 2 aliphatic rings. The number of hydrogen-bond donors (Lipinski definition) is 2. The summed E-state index contributed by atoms with van der Waals surface area (Å²) in [7, 11) is -3.31. The van der Waals surface area contributed by atoms with E-state index in [1.165, 1.54) is 48.9 Å². The average Bonchev–Trinajstić information content (AvgIpc) is 3.82. The molecule has 2 saturated carbocycles. The van der Waals surface area contributed by atoms with Gasteiger partial charge in [-0.25, -0.2) is 8.42 Å². The zero-order valence-corrected chi connectivity index (χ0v) is 21.7. The Hall–Kier alpha value is -3.63. The third-order valence-electron chi connectivity index (χ3n) is 7.13. The number of benzene rings is 3. The lowest BCUT2D eigenvalue weighted by Gasteiger charge is -2.17. The van der Waals surface area contributed by atoms with Crippen molar-refractivity contribution >= 4 is 27.1 Å². The van der Waals surface area contributed by atoms with Crippen LogP contribution in [0.5, 0.6) is 0 Å². The molecule has 1 amide bonds. The minimum absolute atomic E-state index is 0.0171. The number of nitriles is 1. The van der Waals surface area contributed by atoms with Crippen LogP contribution in [-0.4, -0.2) is 20.1 Å². The summed E-state index contributed by atoms with van der Waals surface area (Å²) in [5.41, 5.74) is 6.02. The average molecular weight is 514 g/mol. The van der Waals surface area contributed by atoms with Crippen LogP contribution in [0.4, 0.5) is 11.4 Å². The van der Waals surface area contributed by atoms with Crippen molar-refractivity contribution in [3.05, 3.63) is 89.0 Å². The highest BCUT2D eigenvalue weighted by molar-refractivity contribution is 7.91. The zero-order valence-electron chi connectivity index (χ0n) is 20.9. The summed E-state index contributed by atoms with van der Waals surface area (Å²) in [5.74, 6) is 1.12. The number of anilines is 2. The maximum atomic E-state index is 13.0. The summed E-state index contributed by atoms with van der Waals surface area (Å²) in [6.45, 7) is 1.60. The van der Waals surface area contributed by atoms with Crippen molar-refractivity contribution in [2.45, 2.75) is 61.8 Å². The highest BCUT2D eigenvalue weighted by Crippen LogP contribution is 2.46. The van der Waals surface area contributed by atoms with Gasteiger partial charge in [0.1, 0.15) is 0 Å². The van der Waals surface area contributed by atoms with Crippen LogP contribution in [0.25, 0.3) is 0 Å². The van der Waals surface area contributed by atoms with Crippen LogP contribution >= 0.6 is 0 Å². The van der Waals surface area contributed by atoms with E-state index in [0.29, 0.717) is 23.0 Å². The van der Waals surface area contributed by atoms with E-state index in [1.54, 1.807) is 31.2 Å². The van der Waals surface area contributed by atoms with E-state index in [1.807, 2.05) is 12.1 Å². The van der Waals surface area contributed by atoms with E-state index in [0.717, 1.165) is 11.4 Å². The Morgan fingerprint density at radius 2 is 1.51 bits per heavy atom. The van der Waals surface area contributed by atoms with Crippen LogP contribution in [0.3, 0.4) is 0 Å². The molecule has 1 unspecified atom stereocenters. The van der Waals surface area contributed by atoms with Crippen LogP contribution < -0.4 is 10.6 Å². The van der Waals surface area contributed by atoms with Gasteiger partial charge in [-0.3, -0.25) is 4.79 Å². The fourth-order valence-corrected chi connectivity index (χ4v) is 5.47. The summed E-state index contributed by atoms with van der Waals surface area (Å²) in [6, 6.07) is 22.1. The highest BCUT2D eigenvalue weighted by Gasteiger charge is 2.28. The Kier molecular flexibility index (Phi) is 7.03. The molecule has 0 aliphatic heterocycles. The molecule has 0 saturated heterocycles. The van der Waals surface area contributed by atoms with Crippen molar-refractivity contribution in [3.63, 3.8) is 0 Å². The van der Waals surface area contributed by atoms with Gasteiger partial charge in [0.15, 0.2) is 9.84 Å². The van der Waals surface area contributed by atoms with Crippen molar-refractivity contribution in [2.75, 3.05) is 11.1 Å². The number of sulfone groups is 1. The fourth-order valence-electron chi connectivity index (χ4n) is 4.58. The minimum Gasteiger partial charge on any atom is -0.356 e. The van der Waals surface area contributed by atoms with E-state index in [9.17, 15) is 18.5 Å². The lowest BCUT2D eigenvalue weighted by atomic mass is 10.0. The van der Waals surface area contributed by atoms with E-state index in [4.69, 9.17) is 0 Å². The lowest BCUT2D eigenvalue weighted by Crippen LogP contribution is -2.28. The molecule has 37 heavy (non-hydrogen) atoms. The first-order chi connectivity index (χ1) is 17.9. The van der Waals surface area contributed by atoms with E-state index < -0.39 is 15.9 Å². The van der Waals surface area contributed by atoms with Gasteiger partial charge in [0.05, 0.1) is 29.2 Å². The number of nitrogens with one attached hydrogen (secondary N) is 2. The second-order valence-corrected chi connectivity index (χ2v) is 12.3. The molecule has 5 rings (SSSR count). The first-order valence-corrected chi connectivity index (χ1v) is 14.5. The Labute approximate surface area is 218 Å². The molecule has 0 heterocycles. The van der Waals surface area contributed by atoms with E-state index in [-0.39, 0.29) is 23.0 Å². The second-order valence-electron chi connectivity index (χ2n) is 10.00. The summed E-state index contributed by atoms with van der Waals surface area (Å²) in [4.78, 5) is 13.2. The van der Waals surface area contributed by atoms with Gasteiger partial charge in [0.2, 0.25) is 0 Å². The molecule has 6 nitrogen and oxygen atoms in total. The van der Waals surface area contributed by atoms with Crippen LogP contribution in [0.1, 0.15) is 84.0 Å². The molecule has 3 aromatic carbocycles. The molecule has 0 bridgehead atoms. The fraction of sp³-hybridized carbons (Fsp3) is 0.333. The molecule has 0 aromatic heterocycles. The molecule has 2 aliphatic carbocycles. The normalized spacial score (nSPS) is 16.0. The maximum absolute atomic E-state index is 13.0. The van der Waals surface area contributed by atoms with Crippen molar-refractivity contribution in [3.8, 4) is 6.07 Å². The van der Waals surface area contributed by atoms with Gasteiger partial charge in [0.25, 0.3) is 5.91 Å². The van der Waals surface area contributed by atoms with Gasteiger partial charge in [-0.05, 0) is 103 Å². The van der Waals surface area contributed by atoms with Crippen molar-refractivity contribution in [1.82, 2.24) is 5.32 Å². The second kappa shape index (κ2) is 10.4. The molecule has 2 fully saturated rings. The molecule has 0 spiro atoms. The number of carbonyl (C=O) groups is 1. The first kappa shape index (κ1) is 25.0. The van der Waals surface area contributed by atoms with Crippen molar-refractivity contribution < 1.29 is 13.2 Å². The zero-order chi connectivity index (χ0) is 26.0. The van der Waals surface area contributed by atoms with Gasteiger partial charge in [-0.2, -0.15) is 5.26 Å². The van der Waals surface area contributed by atoms with Gasteiger partial charge >= 0.3 is 0 Å². The van der Waals surface area contributed by atoms with Crippen LogP contribution in [0.2, 0.25) is 0 Å². The molecule has 0 radical (unpaired) electrons. The standard InChI is InChI=1S/C30H31N3O3S/c1-2-37(35,36)28-13-9-22(10-14-28)29(15-16-31)33-30(34)23-7-11-26(12-8-23)32-27-18-24(20-3-4-20)17-25(19-27)21-5-6-21/h7-14,17-21,29,32H,2-6,15H2,1H3,(H,33,34). The SMILES string of the molecule is CCS(=O)(=O)c1ccc(C(CC#N)NC(=O)c2ccc(Nc3cc(C4CC4)cc(C4CC4)c3)cc2)cc1. The predicted molar refractivity (Wildman–Crippen MR) is 145 cm³/mol. The number of amides is 1. The smallest absolute Gasteiger partial charge is 0.251 e. The summed E-state index contributed by atoms with van der Waals surface area (Å²) >= 11 is 0. The first-order valence-electron chi connectivity index (χ1n) is 12.9. The van der Waals surface area contributed by atoms with E-state index in [2.05, 4.69) is 34.9 Å². The van der Waals surface area contributed by atoms with Crippen molar-refractivity contribution in [1.29, 1.82) is 5.26 Å². The molecule has 2 N–H and O–H groups in total. The van der Waals surface area contributed by atoms with Gasteiger partial charge in [-0.15, -0.1) is 0 Å². The monoisotopic (exact) mass is 513 g/mol. The molecule has 190 valence electrons. The van der Waals surface area contributed by atoms with Crippen molar-refractivity contribution in [2.24, 2.45) is 0 Å². The summed E-state index contributed by atoms with van der Waals surface area (Å²) in [6.07, 6.45) is 5.16. The number of hydrogen-bond acceptors (Lipinski definition) is 5. The quantitative estimate of drug-likeness (QED) is 0.328. The third-order valence-corrected chi connectivity index (χ3v) is 8.88. The molecular weight excluding hydrogens is 482 g/mol. The number of carbonyl (C=O) groups excluding carboxylic acids is 1. The Bertz CT molecular complexity index is 1400. The molecule has 3 aromatic rings. The largest absolute Gasteiger partial charge is 0.356 e. The minimum atomic E-state index is -3.31. The van der Waals surface area contributed by atoms with Gasteiger partial charge in [-0.1, -0.05) is 25.1 Å². The summed E-state index contributed by atoms with van der Waals surface area (Å²) < 4.78 is 24.2. The Balaban J connectivity index is 1.27. The van der Waals surface area contributed by atoms with Crippen LogP contribution in [0.15, 0.2) is 71.6 Å². The number of nitrogens with zero attached hydrogens (tertiary/aromatic N) is 1. The molecular formula is C30H31N3O3S. The van der Waals surface area contributed by atoms with Gasteiger partial charge in [0, 0.05) is 16.9 Å². The predicted octanol–water partition coefficient (Wildman–Crippen LogP) is 6.36. The van der Waals surface area contributed by atoms with E-state index >= 15 is 0 Å². The van der Waals surface area contributed by atoms with Gasteiger partial charge < -0.3 is 10.6 Å². The lowest BCUT2D eigenvalue weighted by molar-refractivity contribution is 0.0937.